The van der Waals surface area contributed by atoms with Crippen molar-refractivity contribution in [2.75, 3.05) is 0 Å². The standard InChI is InChI=1S/C20H23Cl2N3O6/c1-11(23-18(29)31-20(2,3)4)8-25-17(28)13(9-24(19(25)30)10-15(26)27)12-6-5-7-14(21)16(12)22/h5-7,9,11H,8,10H2,1-4H3,(H,23,29)(H,26,27). The second-order valence-corrected chi connectivity index (χ2v) is 8.70. The van der Waals surface area contributed by atoms with Crippen LogP contribution >= 0.6 is 23.2 Å². The first-order valence-electron chi connectivity index (χ1n) is 9.30. The number of carboxylic acid groups (broad SMARTS) is 1. The highest BCUT2D eigenvalue weighted by atomic mass is 35.5. The van der Waals surface area contributed by atoms with Gasteiger partial charge in [-0.25, -0.2) is 9.59 Å². The van der Waals surface area contributed by atoms with Crippen LogP contribution in [0.25, 0.3) is 11.1 Å². The average Bonchev–Trinajstić information content (AvgIpc) is 2.61. The van der Waals surface area contributed by atoms with Crippen molar-refractivity contribution in [3.8, 4) is 11.1 Å². The van der Waals surface area contributed by atoms with Crippen LogP contribution in [0.4, 0.5) is 4.79 Å². The van der Waals surface area contributed by atoms with Crippen molar-refractivity contribution in [1.82, 2.24) is 14.5 Å². The molecule has 0 spiro atoms. The van der Waals surface area contributed by atoms with Gasteiger partial charge in [0, 0.05) is 17.8 Å². The molecular formula is C20H23Cl2N3O6. The number of alkyl carbamates (subject to hydrolysis) is 1. The minimum Gasteiger partial charge on any atom is -0.480 e. The smallest absolute Gasteiger partial charge is 0.407 e. The number of aromatic nitrogens is 2. The second kappa shape index (κ2) is 9.57. The Kier molecular flexibility index (Phi) is 7.56. The maximum absolute atomic E-state index is 13.1. The lowest BCUT2D eigenvalue weighted by molar-refractivity contribution is -0.137. The van der Waals surface area contributed by atoms with Crippen LogP contribution in [0.3, 0.4) is 0 Å². The van der Waals surface area contributed by atoms with Gasteiger partial charge >= 0.3 is 17.8 Å². The van der Waals surface area contributed by atoms with Crippen molar-refractivity contribution in [2.24, 2.45) is 0 Å². The van der Waals surface area contributed by atoms with E-state index < -0.39 is 41.5 Å². The zero-order valence-corrected chi connectivity index (χ0v) is 19.0. The fourth-order valence-corrected chi connectivity index (χ4v) is 3.20. The molecule has 2 rings (SSSR count). The van der Waals surface area contributed by atoms with Crippen LogP contribution in [0.15, 0.2) is 34.0 Å². The van der Waals surface area contributed by atoms with Gasteiger partial charge in [0.15, 0.2) is 0 Å². The van der Waals surface area contributed by atoms with Crippen LogP contribution in [0.2, 0.25) is 10.0 Å². The monoisotopic (exact) mass is 471 g/mol. The Morgan fingerprint density at radius 1 is 1.19 bits per heavy atom. The van der Waals surface area contributed by atoms with Gasteiger partial charge in [0.05, 0.1) is 22.2 Å². The largest absolute Gasteiger partial charge is 0.480 e. The minimum atomic E-state index is -1.27. The van der Waals surface area contributed by atoms with Gasteiger partial charge in [-0.2, -0.15) is 0 Å². The summed E-state index contributed by atoms with van der Waals surface area (Å²) >= 11 is 12.3. The number of hydrogen-bond donors (Lipinski definition) is 2. The molecule has 0 fully saturated rings. The lowest BCUT2D eigenvalue weighted by atomic mass is 10.1. The van der Waals surface area contributed by atoms with Gasteiger partial charge in [0.1, 0.15) is 12.1 Å². The number of hydrogen-bond acceptors (Lipinski definition) is 5. The number of rotatable bonds is 6. The molecule has 1 aromatic carbocycles. The summed E-state index contributed by atoms with van der Waals surface area (Å²) in [5.41, 5.74) is -2.02. The molecule has 1 aromatic heterocycles. The molecule has 2 N–H and O–H groups in total. The van der Waals surface area contributed by atoms with Crippen LogP contribution in [-0.4, -0.2) is 37.9 Å². The molecule has 0 radical (unpaired) electrons. The highest BCUT2D eigenvalue weighted by Crippen LogP contribution is 2.31. The number of nitrogens with one attached hydrogen (secondary N) is 1. The van der Waals surface area contributed by atoms with Gasteiger partial charge in [0.2, 0.25) is 0 Å². The summed E-state index contributed by atoms with van der Waals surface area (Å²) in [5, 5.41) is 12.0. The first kappa shape index (κ1) is 24.5. The maximum atomic E-state index is 13.1. The molecular weight excluding hydrogens is 449 g/mol. The van der Waals surface area contributed by atoms with Gasteiger partial charge in [0.25, 0.3) is 5.56 Å². The third-order valence-electron chi connectivity index (χ3n) is 4.00. The minimum absolute atomic E-state index is 0.00202. The van der Waals surface area contributed by atoms with E-state index in [-0.39, 0.29) is 27.7 Å². The fourth-order valence-electron chi connectivity index (χ4n) is 2.80. The van der Waals surface area contributed by atoms with E-state index in [9.17, 15) is 19.2 Å². The average molecular weight is 472 g/mol. The number of nitrogens with zero attached hydrogens (tertiary/aromatic N) is 2. The zero-order valence-electron chi connectivity index (χ0n) is 17.4. The molecule has 0 aliphatic rings. The van der Waals surface area contributed by atoms with E-state index in [1.165, 1.54) is 12.1 Å². The summed E-state index contributed by atoms with van der Waals surface area (Å²) in [6.07, 6.45) is 0.423. The SMILES string of the molecule is CC(Cn1c(=O)c(-c2cccc(Cl)c2Cl)cn(CC(=O)O)c1=O)NC(=O)OC(C)(C)C. The summed E-state index contributed by atoms with van der Waals surface area (Å²) in [4.78, 5) is 49.1. The molecule has 11 heteroatoms. The van der Waals surface area contributed by atoms with E-state index in [1.54, 1.807) is 33.8 Å². The normalized spacial score (nSPS) is 12.3. The Hall–Kier alpha value is -2.78. The molecule has 168 valence electrons. The molecule has 1 atom stereocenters. The van der Waals surface area contributed by atoms with E-state index in [0.717, 1.165) is 15.3 Å². The summed E-state index contributed by atoms with van der Waals surface area (Å²) in [7, 11) is 0. The number of benzene rings is 1. The van der Waals surface area contributed by atoms with Crippen molar-refractivity contribution in [3.63, 3.8) is 0 Å². The van der Waals surface area contributed by atoms with Crippen molar-refractivity contribution in [1.29, 1.82) is 0 Å². The number of carbonyl (C=O) groups is 2. The van der Waals surface area contributed by atoms with Crippen LogP contribution in [-0.2, 0) is 22.6 Å². The summed E-state index contributed by atoms with van der Waals surface area (Å²) in [6.45, 7) is 5.79. The van der Waals surface area contributed by atoms with Crippen molar-refractivity contribution >= 4 is 35.3 Å². The maximum Gasteiger partial charge on any atom is 0.407 e. The number of ether oxygens (including phenoxy) is 1. The van der Waals surface area contributed by atoms with Crippen molar-refractivity contribution < 1.29 is 19.4 Å². The topological polar surface area (TPSA) is 120 Å². The van der Waals surface area contributed by atoms with Gasteiger partial charge < -0.3 is 15.2 Å². The van der Waals surface area contributed by atoms with Gasteiger partial charge in [-0.05, 0) is 33.8 Å². The Balaban J connectivity index is 2.52. The number of carboxylic acids is 1. The molecule has 0 bridgehead atoms. The molecule has 31 heavy (non-hydrogen) atoms. The first-order chi connectivity index (χ1) is 14.3. The zero-order chi connectivity index (χ0) is 23.5. The summed E-state index contributed by atoms with van der Waals surface area (Å²) in [6, 6.07) is 3.97. The predicted octanol–water partition coefficient (Wildman–Crippen LogP) is 2.98. The lowest BCUT2D eigenvalue weighted by Gasteiger charge is -2.22. The van der Waals surface area contributed by atoms with Crippen LogP contribution in [0.1, 0.15) is 27.7 Å². The predicted molar refractivity (Wildman–Crippen MR) is 117 cm³/mol. The Labute approximate surface area is 188 Å². The lowest BCUT2D eigenvalue weighted by Crippen LogP contribution is -2.47. The van der Waals surface area contributed by atoms with Crippen LogP contribution in [0, 0.1) is 0 Å². The summed E-state index contributed by atoms with van der Waals surface area (Å²) < 4.78 is 6.90. The van der Waals surface area contributed by atoms with Gasteiger partial charge in [-0.3, -0.25) is 18.7 Å². The third-order valence-corrected chi connectivity index (χ3v) is 4.82. The fraction of sp³-hybridized carbons (Fsp3) is 0.400. The molecule has 1 heterocycles. The molecule has 2 aromatic rings. The Morgan fingerprint density at radius 3 is 2.42 bits per heavy atom. The Morgan fingerprint density at radius 2 is 1.84 bits per heavy atom. The molecule has 0 saturated heterocycles. The van der Waals surface area contributed by atoms with Crippen molar-refractivity contribution in [2.45, 2.75) is 52.4 Å². The second-order valence-electron chi connectivity index (χ2n) is 7.91. The molecule has 0 aliphatic heterocycles. The van der Waals surface area contributed by atoms with Gasteiger partial charge in [-0.15, -0.1) is 0 Å². The van der Waals surface area contributed by atoms with E-state index in [1.807, 2.05) is 0 Å². The van der Waals surface area contributed by atoms with E-state index in [2.05, 4.69) is 5.32 Å². The third kappa shape index (κ3) is 6.35. The quantitative estimate of drug-likeness (QED) is 0.667. The number of amides is 1. The molecule has 0 saturated carbocycles. The Bertz CT molecular complexity index is 1120. The number of carbonyl (C=O) groups excluding carboxylic acids is 1. The molecule has 0 aliphatic carbocycles. The molecule has 1 unspecified atom stereocenters. The van der Waals surface area contributed by atoms with Crippen molar-refractivity contribution in [3.05, 3.63) is 55.3 Å². The highest BCUT2D eigenvalue weighted by Gasteiger charge is 2.21. The summed E-state index contributed by atoms with van der Waals surface area (Å²) in [5.74, 6) is -1.27. The number of halogens is 2. The van der Waals surface area contributed by atoms with Gasteiger partial charge in [-0.1, -0.05) is 35.3 Å². The highest BCUT2D eigenvalue weighted by molar-refractivity contribution is 6.43. The van der Waals surface area contributed by atoms with E-state index in [4.69, 9.17) is 33.0 Å². The van der Waals surface area contributed by atoms with E-state index >= 15 is 0 Å². The molecule has 9 nitrogen and oxygen atoms in total. The van der Waals surface area contributed by atoms with Crippen LogP contribution < -0.4 is 16.6 Å². The number of aliphatic carboxylic acids is 1. The first-order valence-corrected chi connectivity index (χ1v) is 10.1. The molecule has 1 amide bonds. The van der Waals surface area contributed by atoms with E-state index in [0.29, 0.717) is 0 Å². The van der Waals surface area contributed by atoms with Crippen LogP contribution in [0.5, 0.6) is 0 Å².